The number of hydrogen-bond acceptors (Lipinski definition) is 1. The third-order valence-corrected chi connectivity index (χ3v) is 2.30. The van der Waals surface area contributed by atoms with Gasteiger partial charge in [0.15, 0.2) is 0 Å². The van der Waals surface area contributed by atoms with Gasteiger partial charge < -0.3 is 5.73 Å². The summed E-state index contributed by atoms with van der Waals surface area (Å²) in [5, 5.41) is 0.0444. The van der Waals surface area contributed by atoms with E-state index >= 15 is 0 Å². The topological polar surface area (TPSA) is 26.0 Å². The van der Waals surface area contributed by atoms with Gasteiger partial charge in [0.1, 0.15) is 0 Å². The Bertz CT molecular complexity index is 399. The molecule has 0 unspecified atom stereocenters. The summed E-state index contributed by atoms with van der Waals surface area (Å²) >= 11 is 5.63. The van der Waals surface area contributed by atoms with E-state index in [0.29, 0.717) is 24.1 Å². The molecule has 0 saturated heterocycles. The fraction of sp³-hybridized carbons (Fsp3) is 0.273. The smallest absolute Gasteiger partial charge is 0.330 e. The molecule has 0 saturated carbocycles. The molecule has 2 N–H and O–H groups in total. The van der Waals surface area contributed by atoms with Gasteiger partial charge in [-0.05, 0) is 42.3 Å². The van der Waals surface area contributed by atoms with Gasteiger partial charge >= 0.3 is 6.18 Å². The van der Waals surface area contributed by atoms with Crippen LogP contribution in [0.2, 0.25) is 5.02 Å². The van der Waals surface area contributed by atoms with E-state index in [2.05, 4.69) is 6.58 Å². The lowest BCUT2D eigenvalue weighted by Crippen LogP contribution is -2.06. The lowest BCUT2D eigenvalue weighted by Gasteiger charge is -2.11. The van der Waals surface area contributed by atoms with E-state index in [1.807, 2.05) is 0 Å². The maximum absolute atomic E-state index is 12.5. The molecule has 0 bridgehead atoms. The first kappa shape index (κ1) is 13.1. The molecule has 1 rings (SSSR count). The molecule has 1 nitrogen and oxygen atoms in total. The van der Waals surface area contributed by atoms with Crippen molar-refractivity contribution in [3.8, 4) is 0 Å². The highest BCUT2D eigenvalue weighted by Crippen LogP contribution is 2.33. The van der Waals surface area contributed by atoms with Crippen LogP contribution in [0.5, 0.6) is 0 Å². The Labute approximate surface area is 96.7 Å². The Morgan fingerprint density at radius 3 is 2.44 bits per heavy atom. The van der Waals surface area contributed by atoms with Crippen LogP contribution in [0.15, 0.2) is 24.8 Å². The van der Waals surface area contributed by atoms with E-state index in [1.165, 1.54) is 6.07 Å². The molecule has 16 heavy (non-hydrogen) atoms. The van der Waals surface area contributed by atoms with Crippen LogP contribution in [0.4, 0.5) is 13.2 Å². The third-order valence-electron chi connectivity index (χ3n) is 2.08. The Balaban J connectivity index is 3.13. The summed E-state index contributed by atoms with van der Waals surface area (Å²) in [4.78, 5) is 0. The van der Waals surface area contributed by atoms with E-state index in [1.54, 1.807) is 0 Å². The summed E-state index contributed by atoms with van der Waals surface area (Å²) in [5.41, 5.74) is 5.47. The summed E-state index contributed by atoms with van der Waals surface area (Å²) in [6.07, 6.45) is -3.96. The first-order valence-electron chi connectivity index (χ1n) is 4.60. The number of halogens is 4. The van der Waals surface area contributed by atoms with E-state index in [4.69, 9.17) is 17.3 Å². The Hall–Kier alpha value is -1.00. The van der Waals surface area contributed by atoms with Crippen molar-refractivity contribution in [2.75, 3.05) is 6.54 Å². The standard InChI is InChI=1S/C11H11ClF3N/c1-7(2-3-16)8-4-9(11(13,14)15)6-10(12)5-8/h4-6H,1-3,16H2. The highest BCUT2D eigenvalue weighted by molar-refractivity contribution is 6.30. The van der Waals surface area contributed by atoms with Crippen LogP contribution in [-0.4, -0.2) is 6.54 Å². The second-order valence-corrected chi connectivity index (χ2v) is 3.81. The Morgan fingerprint density at radius 1 is 1.31 bits per heavy atom. The van der Waals surface area contributed by atoms with Gasteiger partial charge in [-0.3, -0.25) is 0 Å². The second-order valence-electron chi connectivity index (χ2n) is 3.37. The largest absolute Gasteiger partial charge is 0.416 e. The molecule has 0 aliphatic rings. The molecule has 1 aromatic carbocycles. The maximum atomic E-state index is 12.5. The van der Waals surface area contributed by atoms with Crippen molar-refractivity contribution in [2.24, 2.45) is 5.73 Å². The minimum atomic E-state index is -4.40. The van der Waals surface area contributed by atoms with Crippen molar-refractivity contribution in [1.29, 1.82) is 0 Å². The van der Waals surface area contributed by atoms with Crippen molar-refractivity contribution in [1.82, 2.24) is 0 Å². The maximum Gasteiger partial charge on any atom is 0.416 e. The van der Waals surface area contributed by atoms with Crippen molar-refractivity contribution in [3.63, 3.8) is 0 Å². The molecule has 0 fully saturated rings. The summed E-state index contributed by atoms with van der Waals surface area (Å²) in [6.45, 7) is 4.01. The van der Waals surface area contributed by atoms with E-state index in [-0.39, 0.29) is 5.02 Å². The average Bonchev–Trinajstić information content (AvgIpc) is 2.16. The van der Waals surface area contributed by atoms with Gasteiger partial charge in [-0.25, -0.2) is 0 Å². The average molecular weight is 250 g/mol. The van der Waals surface area contributed by atoms with Gasteiger partial charge in [-0.2, -0.15) is 13.2 Å². The number of nitrogens with two attached hydrogens (primary N) is 1. The van der Waals surface area contributed by atoms with Crippen LogP contribution in [0, 0.1) is 0 Å². The van der Waals surface area contributed by atoms with Crippen molar-refractivity contribution in [2.45, 2.75) is 12.6 Å². The molecule has 0 aromatic heterocycles. The Kier molecular flexibility index (Phi) is 3.99. The molecule has 0 spiro atoms. The van der Waals surface area contributed by atoms with Gasteiger partial charge in [0, 0.05) is 5.02 Å². The predicted molar refractivity (Wildman–Crippen MR) is 59.2 cm³/mol. The predicted octanol–water partition coefficient (Wildman–Crippen LogP) is 3.72. The molecule has 0 aliphatic heterocycles. The van der Waals surface area contributed by atoms with E-state index in [0.717, 1.165) is 12.1 Å². The normalized spacial score (nSPS) is 11.6. The Morgan fingerprint density at radius 2 is 1.94 bits per heavy atom. The van der Waals surface area contributed by atoms with Gasteiger partial charge in [-0.1, -0.05) is 18.2 Å². The quantitative estimate of drug-likeness (QED) is 0.868. The van der Waals surface area contributed by atoms with Crippen molar-refractivity contribution >= 4 is 17.2 Å². The SMILES string of the molecule is C=C(CCN)c1cc(Cl)cc(C(F)(F)F)c1. The summed E-state index contributed by atoms with van der Waals surface area (Å²) < 4.78 is 37.5. The number of hydrogen-bond donors (Lipinski definition) is 1. The van der Waals surface area contributed by atoms with Gasteiger partial charge in [0.05, 0.1) is 5.56 Å². The summed E-state index contributed by atoms with van der Waals surface area (Å²) in [6, 6.07) is 3.37. The molecular formula is C11H11ClF3N. The minimum absolute atomic E-state index is 0.0444. The molecular weight excluding hydrogens is 239 g/mol. The first-order chi connectivity index (χ1) is 7.34. The van der Waals surface area contributed by atoms with Gasteiger partial charge in [0.25, 0.3) is 0 Å². The molecule has 5 heteroatoms. The summed E-state index contributed by atoms with van der Waals surface area (Å²) in [7, 11) is 0. The van der Waals surface area contributed by atoms with E-state index in [9.17, 15) is 13.2 Å². The zero-order chi connectivity index (χ0) is 12.3. The van der Waals surface area contributed by atoms with Crippen LogP contribution in [0.1, 0.15) is 17.5 Å². The third kappa shape index (κ3) is 3.25. The monoisotopic (exact) mass is 249 g/mol. The van der Waals surface area contributed by atoms with E-state index < -0.39 is 11.7 Å². The number of rotatable bonds is 3. The van der Waals surface area contributed by atoms with Crippen LogP contribution in [-0.2, 0) is 6.18 Å². The zero-order valence-corrected chi connectivity index (χ0v) is 9.20. The number of benzene rings is 1. The van der Waals surface area contributed by atoms with Crippen molar-refractivity contribution < 1.29 is 13.2 Å². The molecule has 0 heterocycles. The van der Waals surface area contributed by atoms with Crippen LogP contribution in [0.25, 0.3) is 5.57 Å². The minimum Gasteiger partial charge on any atom is -0.330 e. The zero-order valence-electron chi connectivity index (χ0n) is 8.44. The van der Waals surface area contributed by atoms with Gasteiger partial charge in [0.2, 0.25) is 0 Å². The summed E-state index contributed by atoms with van der Waals surface area (Å²) in [5.74, 6) is 0. The van der Waals surface area contributed by atoms with Crippen LogP contribution in [0.3, 0.4) is 0 Å². The fourth-order valence-electron chi connectivity index (χ4n) is 1.28. The molecule has 0 amide bonds. The second kappa shape index (κ2) is 4.89. The lowest BCUT2D eigenvalue weighted by molar-refractivity contribution is -0.137. The van der Waals surface area contributed by atoms with Crippen LogP contribution < -0.4 is 5.73 Å². The number of alkyl halides is 3. The first-order valence-corrected chi connectivity index (χ1v) is 4.98. The highest BCUT2D eigenvalue weighted by Gasteiger charge is 2.31. The molecule has 88 valence electrons. The molecule has 0 atom stereocenters. The molecule has 1 aromatic rings. The van der Waals surface area contributed by atoms with Crippen molar-refractivity contribution in [3.05, 3.63) is 40.9 Å². The van der Waals surface area contributed by atoms with Gasteiger partial charge in [-0.15, -0.1) is 0 Å². The lowest BCUT2D eigenvalue weighted by atomic mass is 10.0. The van der Waals surface area contributed by atoms with Crippen LogP contribution >= 0.6 is 11.6 Å². The highest BCUT2D eigenvalue weighted by atomic mass is 35.5. The fourth-order valence-corrected chi connectivity index (χ4v) is 1.51. The molecule has 0 radical (unpaired) electrons. The molecule has 0 aliphatic carbocycles.